The number of ether oxygens (including phenoxy) is 1. The normalized spacial score (nSPS) is 12.9. The van der Waals surface area contributed by atoms with Crippen LogP contribution >= 0.6 is 0 Å². The average Bonchev–Trinajstić information content (AvgIpc) is 2.36. The van der Waals surface area contributed by atoms with Crippen LogP contribution < -0.4 is 0 Å². The first kappa shape index (κ1) is 18.3. The highest BCUT2D eigenvalue weighted by Crippen LogP contribution is 1.78. The zero-order valence-electron chi connectivity index (χ0n) is 10.5. The second-order valence-corrected chi connectivity index (χ2v) is 3.30. The van der Waals surface area contributed by atoms with Crippen molar-refractivity contribution in [3.8, 4) is 0 Å². The van der Waals surface area contributed by atoms with E-state index >= 15 is 0 Å². The Kier molecular flexibility index (Phi) is 18.6. The van der Waals surface area contributed by atoms with Gasteiger partial charge in [0.2, 0.25) is 17.9 Å². The van der Waals surface area contributed by atoms with Gasteiger partial charge in [0.05, 0.1) is 13.7 Å². The zero-order chi connectivity index (χ0) is 13.4. The van der Waals surface area contributed by atoms with Gasteiger partial charge in [-0.1, -0.05) is 5.16 Å². The predicted octanol–water partition coefficient (Wildman–Crippen LogP) is 0.638. The Morgan fingerprint density at radius 1 is 1.35 bits per heavy atom. The average molecular weight is 265 g/mol. The summed E-state index contributed by atoms with van der Waals surface area (Å²) in [5, 5.41) is 3.26. The molecule has 0 bridgehead atoms. The summed E-state index contributed by atoms with van der Waals surface area (Å²) in [6.45, 7) is 2.65. The lowest BCUT2D eigenvalue weighted by molar-refractivity contribution is -0.0273. The van der Waals surface area contributed by atoms with Crippen LogP contribution in [0.25, 0.3) is 0 Å². The first-order valence-corrected chi connectivity index (χ1v) is 5.81. The molecule has 100 valence electrons. The summed E-state index contributed by atoms with van der Waals surface area (Å²) in [6, 6.07) is 0. The van der Waals surface area contributed by atoms with Crippen LogP contribution in [0.4, 0.5) is 0 Å². The Labute approximate surface area is 104 Å². The minimum atomic E-state index is -1.50. The first-order valence-electron chi connectivity index (χ1n) is 4.67. The largest absolute Gasteiger partial charge is 0.366 e. The van der Waals surface area contributed by atoms with Gasteiger partial charge in [-0.3, -0.25) is 14.2 Å². The summed E-state index contributed by atoms with van der Waals surface area (Å²) < 4.78 is 19.2. The van der Waals surface area contributed by atoms with Gasteiger partial charge >= 0.3 is 0 Å². The van der Waals surface area contributed by atoms with Crippen LogP contribution in [0.1, 0.15) is 6.92 Å². The quantitative estimate of drug-likeness (QED) is 0.222. The lowest BCUT2D eigenvalue weighted by Gasteiger charge is -1.93. The number of methoxy groups -OCH3 is 1. The van der Waals surface area contributed by atoms with E-state index in [9.17, 15) is 4.21 Å². The van der Waals surface area contributed by atoms with Crippen LogP contribution in [-0.2, 0) is 24.8 Å². The van der Waals surface area contributed by atoms with Gasteiger partial charge in [-0.2, -0.15) is 0 Å². The fourth-order valence-electron chi connectivity index (χ4n) is 0.426. The SMILES string of the molecule is CC=NCC=NC.COCO/N=C\S(=O)OC. The van der Waals surface area contributed by atoms with Crippen LogP contribution in [0.15, 0.2) is 15.1 Å². The first-order chi connectivity index (χ1) is 8.22. The third kappa shape index (κ3) is 20.9. The molecule has 8 heteroatoms. The molecule has 0 rings (SSSR count). The van der Waals surface area contributed by atoms with E-state index in [4.69, 9.17) is 0 Å². The van der Waals surface area contributed by atoms with Gasteiger partial charge < -0.3 is 9.57 Å². The third-order valence-electron chi connectivity index (χ3n) is 1.09. The van der Waals surface area contributed by atoms with E-state index in [-0.39, 0.29) is 6.79 Å². The molecule has 0 aromatic heterocycles. The molecule has 0 radical (unpaired) electrons. The molecular formula is C9H19N3O4S. The fraction of sp³-hybridized carbons (Fsp3) is 0.667. The molecule has 0 aromatic rings. The van der Waals surface area contributed by atoms with Gasteiger partial charge in [-0.05, 0) is 13.1 Å². The van der Waals surface area contributed by atoms with Crippen molar-refractivity contribution >= 4 is 29.1 Å². The Hall–Kier alpha value is -1.12. The summed E-state index contributed by atoms with van der Waals surface area (Å²) in [4.78, 5) is 12.1. The van der Waals surface area contributed by atoms with E-state index in [2.05, 4.69) is 28.9 Å². The smallest absolute Gasteiger partial charge is 0.216 e. The van der Waals surface area contributed by atoms with Crippen molar-refractivity contribution in [2.24, 2.45) is 15.1 Å². The fourth-order valence-corrected chi connectivity index (χ4v) is 0.643. The van der Waals surface area contributed by atoms with Gasteiger partial charge in [0, 0.05) is 20.4 Å². The van der Waals surface area contributed by atoms with Crippen molar-refractivity contribution in [2.75, 3.05) is 34.6 Å². The van der Waals surface area contributed by atoms with Crippen molar-refractivity contribution < 1.29 is 18.0 Å². The van der Waals surface area contributed by atoms with Gasteiger partial charge in [0.25, 0.3) is 0 Å². The van der Waals surface area contributed by atoms with Crippen molar-refractivity contribution in [2.45, 2.75) is 6.92 Å². The maximum atomic E-state index is 10.4. The molecule has 0 aliphatic heterocycles. The molecule has 0 aliphatic rings. The third-order valence-corrected chi connectivity index (χ3v) is 1.68. The van der Waals surface area contributed by atoms with E-state index in [1.54, 1.807) is 19.5 Å². The highest BCUT2D eigenvalue weighted by atomic mass is 32.2. The number of rotatable bonds is 7. The Morgan fingerprint density at radius 2 is 2.06 bits per heavy atom. The molecular weight excluding hydrogens is 246 g/mol. The van der Waals surface area contributed by atoms with E-state index in [0.29, 0.717) is 6.54 Å². The number of aliphatic imine (C=N–C) groups is 2. The highest BCUT2D eigenvalue weighted by molar-refractivity contribution is 7.94. The van der Waals surface area contributed by atoms with Gasteiger partial charge in [-0.15, -0.1) is 0 Å². The standard InChI is InChI=1S/C5H10N2.C4H9NO4S/c1-3-7-5-4-6-2;1-7-4-9-5-3-10(6)8-2/h3-4H,5H2,1-2H3;3H,4H2,1-2H3/b;5-3-. The Bertz CT molecular complexity index is 247. The Morgan fingerprint density at radius 3 is 2.53 bits per heavy atom. The molecule has 17 heavy (non-hydrogen) atoms. The zero-order valence-corrected chi connectivity index (χ0v) is 11.3. The molecule has 0 heterocycles. The van der Waals surface area contributed by atoms with Crippen molar-refractivity contribution in [3.05, 3.63) is 0 Å². The summed E-state index contributed by atoms with van der Waals surface area (Å²) in [5.74, 6) is 0. The van der Waals surface area contributed by atoms with Crippen LogP contribution in [0.2, 0.25) is 0 Å². The van der Waals surface area contributed by atoms with Gasteiger partial charge in [-0.25, -0.2) is 4.21 Å². The van der Waals surface area contributed by atoms with E-state index in [0.717, 1.165) is 5.55 Å². The number of nitrogens with zero attached hydrogens (tertiary/aromatic N) is 3. The molecule has 1 atom stereocenters. The molecule has 0 saturated heterocycles. The molecule has 0 fully saturated rings. The maximum absolute atomic E-state index is 10.4. The van der Waals surface area contributed by atoms with Crippen molar-refractivity contribution in [3.63, 3.8) is 0 Å². The maximum Gasteiger partial charge on any atom is 0.216 e. The summed E-state index contributed by atoms with van der Waals surface area (Å²) >= 11 is -1.50. The molecule has 1 unspecified atom stereocenters. The predicted molar refractivity (Wildman–Crippen MR) is 70.1 cm³/mol. The molecule has 0 aromatic carbocycles. The molecule has 0 amide bonds. The second kappa shape index (κ2) is 17.3. The lowest BCUT2D eigenvalue weighted by Crippen LogP contribution is -1.95. The minimum Gasteiger partial charge on any atom is -0.366 e. The van der Waals surface area contributed by atoms with E-state index in [1.165, 1.54) is 14.2 Å². The summed E-state index contributed by atoms with van der Waals surface area (Å²) in [7, 11) is 4.51. The van der Waals surface area contributed by atoms with Crippen LogP contribution in [0, 0.1) is 0 Å². The molecule has 0 spiro atoms. The van der Waals surface area contributed by atoms with Crippen molar-refractivity contribution in [1.29, 1.82) is 0 Å². The lowest BCUT2D eigenvalue weighted by atomic mass is 10.7. The topological polar surface area (TPSA) is 81.8 Å². The van der Waals surface area contributed by atoms with Crippen LogP contribution in [0.5, 0.6) is 0 Å². The highest BCUT2D eigenvalue weighted by Gasteiger charge is 1.86. The Balaban J connectivity index is 0. The monoisotopic (exact) mass is 265 g/mol. The molecule has 0 saturated carbocycles. The summed E-state index contributed by atoms with van der Waals surface area (Å²) in [5.41, 5.74) is 1.03. The van der Waals surface area contributed by atoms with Crippen LogP contribution in [-0.4, -0.2) is 56.8 Å². The number of hydrogen-bond donors (Lipinski definition) is 0. The second-order valence-electron chi connectivity index (χ2n) is 2.24. The minimum absolute atomic E-state index is 0.0391. The van der Waals surface area contributed by atoms with Crippen molar-refractivity contribution in [1.82, 2.24) is 0 Å². The molecule has 7 nitrogen and oxygen atoms in total. The molecule has 0 N–H and O–H groups in total. The summed E-state index contributed by atoms with van der Waals surface area (Å²) in [6.07, 6.45) is 3.53. The number of oxime groups is 1. The van der Waals surface area contributed by atoms with Gasteiger partial charge in [0.15, 0.2) is 5.55 Å². The van der Waals surface area contributed by atoms with E-state index < -0.39 is 11.1 Å². The molecule has 0 aliphatic carbocycles. The van der Waals surface area contributed by atoms with E-state index in [1.807, 2.05) is 6.92 Å². The van der Waals surface area contributed by atoms with Gasteiger partial charge in [0.1, 0.15) is 0 Å². The van der Waals surface area contributed by atoms with Crippen LogP contribution in [0.3, 0.4) is 0 Å². The number of hydrogen-bond acceptors (Lipinski definition) is 7.